The molecule has 0 saturated carbocycles. The summed E-state index contributed by atoms with van der Waals surface area (Å²) in [5.41, 5.74) is 0. The SMILES string of the molecule is O=C(CC(F)F)N1CC[N-]CC1.[Y+3]. The summed E-state index contributed by atoms with van der Waals surface area (Å²) in [4.78, 5) is 12.5. The van der Waals surface area contributed by atoms with Crippen LogP contribution in [0.1, 0.15) is 6.42 Å². The Morgan fingerprint density at radius 2 is 1.92 bits per heavy atom. The van der Waals surface area contributed by atoms with Gasteiger partial charge in [0, 0.05) is 13.1 Å². The van der Waals surface area contributed by atoms with Crippen LogP contribution in [0.25, 0.3) is 5.32 Å². The van der Waals surface area contributed by atoms with E-state index in [1.807, 2.05) is 0 Å². The second kappa shape index (κ2) is 6.79. The van der Waals surface area contributed by atoms with Crippen LogP contribution in [-0.4, -0.2) is 43.4 Å². The fourth-order valence-electron chi connectivity index (χ4n) is 1.12. The summed E-state index contributed by atoms with van der Waals surface area (Å²) in [6.07, 6.45) is -3.18. The number of carbonyl (C=O) groups excluding carboxylic acids is 1. The normalized spacial score (nSPS) is 17.0. The zero-order valence-corrected chi connectivity index (χ0v) is 10.1. The first-order valence-electron chi connectivity index (χ1n) is 3.89. The van der Waals surface area contributed by atoms with Crippen molar-refractivity contribution in [3.05, 3.63) is 5.32 Å². The molecule has 6 heteroatoms. The van der Waals surface area contributed by atoms with Crippen molar-refractivity contribution in [2.45, 2.75) is 12.8 Å². The number of nitrogens with zero attached hydrogens (tertiary/aromatic N) is 2. The molecule has 3 nitrogen and oxygen atoms in total. The van der Waals surface area contributed by atoms with Crippen molar-refractivity contribution in [1.82, 2.24) is 4.90 Å². The van der Waals surface area contributed by atoms with E-state index in [2.05, 4.69) is 5.32 Å². The van der Waals surface area contributed by atoms with Crippen molar-refractivity contribution < 1.29 is 46.3 Å². The van der Waals surface area contributed by atoms with Crippen molar-refractivity contribution in [3.63, 3.8) is 0 Å². The molecular formula is C7H11F2N2OY+2. The fourth-order valence-corrected chi connectivity index (χ4v) is 1.12. The van der Waals surface area contributed by atoms with Gasteiger partial charge >= 0.3 is 32.7 Å². The minimum Gasteiger partial charge on any atom is -0.659 e. The van der Waals surface area contributed by atoms with Crippen molar-refractivity contribution in [2.75, 3.05) is 26.2 Å². The summed E-state index contributed by atoms with van der Waals surface area (Å²) in [5, 5.41) is 4.01. The number of halogens is 2. The molecular weight excluding hydrogens is 255 g/mol. The van der Waals surface area contributed by atoms with Gasteiger partial charge in [-0.2, -0.15) is 0 Å². The van der Waals surface area contributed by atoms with E-state index in [0.29, 0.717) is 26.2 Å². The van der Waals surface area contributed by atoms with Crippen LogP contribution < -0.4 is 0 Å². The summed E-state index contributed by atoms with van der Waals surface area (Å²) in [7, 11) is 0. The van der Waals surface area contributed by atoms with Gasteiger partial charge in [-0.1, -0.05) is 0 Å². The van der Waals surface area contributed by atoms with Gasteiger partial charge in [-0.05, 0) is 0 Å². The molecule has 0 radical (unpaired) electrons. The van der Waals surface area contributed by atoms with E-state index >= 15 is 0 Å². The number of amides is 1. The Morgan fingerprint density at radius 3 is 2.38 bits per heavy atom. The molecule has 1 aliphatic rings. The number of carbonyl (C=O) groups is 1. The molecule has 1 aliphatic heterocycles. The number of hydrogen-bond acceptors (Lipinski definition) is 1. The number of hydrogen-bond donors (Lipinski definition) is 0. The smallest absolute Gasteiger partial charge is 0.659 e. The first-order chi connectivity index (χ1) is 5.70. The summed E-state index contributed by atoms with van der Waals surface area (Å²) in [6, 6.07) is 0. The van der Waals surface area contributed by atoms with Gasteiger partial charge in [-0.3, -0.25) is 4.79 Å². The van der Waals surface area contributed by atoms with Crippen LogP contribution in [0.3, 0.4) is 0 Å². The fraction of sp³-hybridized carbons (Fsp3) is 0.857. The third-order valence-corrected chi connectivity index (χ3v) is 1.74. The van der Waals surface area contributed by atoms with E-state index in [0.717, 1.165) is 0 Å². The Labute approximate surface area is 101 Å². The average molecular weight is 266 g/mol. The maximum Gasteiger partial charge on any atom is 3.00 e. The predicted octanol–water partition coefficient (Wildman–Crippen LogP) is 0.855. The minimum atomic E-state index is -2.53. The molecule has 1 rings (SSSR count). The molecule has 70 valence electrons. The van der Waals surface area contributed by atoms with Crippen LogP contribution in [0.2, 0.25) is 0 Å². The molecule has 0 spiro atoms. The molecule has 1 saturated heterocycles. The summed E-state index contributed by atoms with van der Waals surface area (Å²) >= 11 is 0. The second-order valence-corrected chi connectivity index (χ2v) is 2.65. The van der Waals surface area contributed by atoms with Gasteiger partial charge in [-0.15, -0.1) is 13.1 Å². The van der Waals surface area contributed by atoms with E-state index in [-0.39, 0.29) is 32.7 Å². The standard InChI is InChI=1S/C7H11F2N2O.Y/c8-6(9)5-7(12)11-3-1-10-2-4-11;/h6H,1-5H2;/q-1;+3. The van der Waals surface area contributed by atoms with E-state index < -0.39 is 18.8 Å². The van der Waals surface area contributed by atoms with Crippen LogP contribution in [0.5, 0.6) is 0 Å². The van der Waals surface area contributed by atoms with Gasteiger partial charge in [0.15, 0.2) is 0 Å². The molecule has 0 N–H and O–H groups in total. The summed E-state index contributed by atoms with van der Waals surface area (Å²) < 4.78 is 23.5. The molecule has 1 fully saturated rings. The van der Waals surface area contributed by atoms with E-state index in [9.17, 15) is 13.6 Å². The van der Waals surface area contributed by atoms with Crippen LogP contribution in [0, 0.1) is 0 Å². The first kappa shape index (κ1) is 13.4. The van der Waals surface area contributed by atoms with E-state index in [4.69, 9.17) is 0 Å². The van der Waals surface area contributed by atoms with Crippen LogP contribution in [0.4, 0.5) is 8.78 Å². The van der Waals surface area contributed by atoms with E-state index in [1.54, 1.807) is 0 Å². The summed E-state index contributed by atoms with van der Waals surface area (Å²) in [5.74, 6) is -0.458. The van der Waals surface area contributed by atoms with Crippen LogP contribution in [-0.2, 0) is 37.5 Å². The molecule has 0 aliphatic carbocycles. The van der Waals surface area contributed by atoms with Crippen molar-refractivity contribution in [3.8, 4) is 0 Å². The third kappa shape index (κ3) is 4.98. The van der Waals surface area contributed by atoms with Gasteiger partial charge in [0.1, 0.15) is 0 Å². The maximum absolute atomic E-state index is 11.8. The van der Waals surface area contributed by atoms with Gasteiger partial charge < -0.3 is 10.2 Å². The maximum atomic E-state index is 11.8. The zero-order valence-electron chi connectivity index (χ0n) is 7.25. The number of piperazine rings is 1. The zero-order chi connectivity index (χ0) is 8.97. The van der Waals surface area contributed by atoms with Gasteiger partial charge in [0.25, 0.3) is 0 Å². The monoisotopic (exact) mass is 266 g/mol. The topological polar surface area (TPSA) is 34.4 Å². The Balaban J connectivity index is 0.00000144. The van der Waals surface area contributed by atoms with Crippen molar-refractivity contribution in [2.24, 2.45) is 0 Å². The van der Waals surface area contributed by atoms with Gasteiger partial charge in [0.05, 0.1) is 6.42 Å². The molecule has 0 unspecified atom stereocenters. The quantitative estimate of drug-likeness (QED) is 0.729. The number of alkyl halides is 2. The number of rotatable bonds is 2. The molecule has 0 atom stereocenters. The predicted molar refractivity (Wildman–Crippen MR) is 40.3 cm³/mol. The second-order valence-electron chi connectivity index (χ2n) is 2.65. The van der Waals surface area contributed by atoms with Gasteiger partial charge in [-0.25, -0.2) is 8.78 Å². The van der Waals surface area contributed by atoms with Crippen molar-refractivity contribution in [1.29, 1.82) is 0 Å². The minimum absolute atomic E-state index is 0. The van der Waals surface area contributed by atoms with E-state index in [1.165, 1.54) is 4.90 Å². The third-order valence-electron chi connectivity index (χ3n) is 1.74. The Bertz CT molecular complexity index is 163. The molecule has 0 aromatic heterocycles. The first-order valence-corrected chi connectivity index (χ1v) is 3.89. The molecule has 0 bridgehead atoms. The average Bonchev–Trinajstić information content (AvgIpc) is 2.05. The van der Waals surface area contributed by atoms with Crippen molar-refractivity contribution >= 4 is 5.91 Å². The Kier molecular flexibility index (Phi) is 7.00. The summed E-state index contributed by atoms with van der Waals surface area (Å²) in [6.45, 7) is 2.14. The Hall–Kier alpha value is 0.394. The largest absolute Gasteiger partial charge is 3.00 e. The Morgan fingerprint density at radius 1 is 1.38 bits per heavy atom. The molecule has 1 amide bonds. The molecule has 0 aromatic rings. The van der Waals surface area contributed by atoms with Crippen LogP contribution >= 0.6 is 0 Å². The molecule has 13 heavy (non-hydrogen) atoms. The van der Waals surface area contributed by atoms with Crippen LogP contribution in [0.15, 0.2) is 0 Å². The van der Waals surface area contributed by atoms with Gasteiger partial charge in [0.2, 0.25) is 12.3 Å². The molecule has 0 aromatic carbocycles. The molecule has 1 heterocycles.